The Kier molecular flexibility index (Phi) is 7.15. The van der Waals surface area contributed by atoms with E-state index in [1.165, 1.54) is 12.3 Å². The minimum absolute atomic E-state index is 0.0822. The van der Waals surface area contributed by atoms with Gasteiger partial charge in [-0.15, -0.1) is 0 Å². The van der Waals surface area contributed by atoms with E-state index in [-0.39, 0.29) is 12.4 Å². The van der Waals surface area contributed by atoms with Crippen molar-refractivity contribution >= 4 is 73.8 Å². The lowest BCUT2D eigenvalue weighted by Gasteiger charge is -2.07. The molecule has 1 amide bonds. The maximum absolute atomic E-state index is 11.7. The van der Waals surface area contributed by atoms with Gasteiger partial charge in [0.15, 0.2) is 6.61 Å². The Hall–Kier alpha value is -1.03. The quantitative estimate of drug-likeness (QED) is 0.329. The Morgan fingerprint density at radius 3 is 2.88 bits per heavy atom. The van der Waals surface area contributed by atoms with Crippen molar-refractivity contribution < 1.29 is 14.6 Å². The molecule has 0 aliphatic carbocycles. The number of rotatable bonds is 5. The fourth-order valence-electron chi connectivity index (χ4n) is 1.62. The number of hydrogen-bond acceptors (Lipinski definition) is 4. The molecule has 0 radical (unpaired) electrons. The van der Waals surface area contributed by atoms with E-state index in [0.29, 0.717) is 24.9 Å². The topological polar surface area (TPSA) is 70.9 Å². The van der Waals surface area contributed by atoms with Gasteiger partial charge in [0, 0.05) is 21.1 Å². The number of nitrogens with zero attached hydrogens (tertiary/aromatic N) is 1. The first-order chi connectivity index (χ1) is 11.4. The molecule has 0 saturated carbocycles. The molecular weight excluding hydrogens is 534 g/mol. The molecule has 2 aromatic rings. The van der Waals surface area contributed by atoms with Crippen LogP contribution < -0.4 is 10.2 Å². The van der Waals surface area contributed by atoms with Gasteiger partial charge < -0.3 is 9.84 Å². The minimum Gasteiger partial charge on any atom is -0.506 e. The van der Waals surface area contributed by atoms with Crippen molar-refractivity contribution in [2.45, 2.75) is 0 Å². The summed E-state index contributed by atoms with van der Waals surface area (Å²) in [7, 11) is 0. The van der Waals surface area contributed by atoms with Gasteiger partial charge in [0.2, 0.25) is 0 Å². The third-order valence-corrected chi connectivity index (χ3v) is 4.53. The molecule has 0 spiro atoms. The van der Waals surface area contributed by atoms with E-state index in [9.17, 15) is 9.90 Å². The number of benzene rings is 2. The second-order valence-corrected chi connectivity index (χ2v) is 7.40. The zero-order valence-electron chi connectivity index (χ0n) is 11.9. The average molecular weight is 544 g/mol. The highest BCUT2D eigenvalue weighted by Gasteiger charge is 2.07. The largest absolute Gasteiger partial charge is 0.506 e. The van der Waals surface area contributed by atoms with E-state index in [1.807, 2.05) is 22.6 Å². The number of hydrogen-bond donors (Lipinski definition) is 2. The van der Waals surface area contributed by atoms with Crippen molar-refractivity contribution in [1.29, 1.82) is 0 Å². The van der Waals surface area contributed by atoms with Crippen LogP contribution in [0.3, 0.4) is 0 Å². The van der Waals surface area contributed by atoms with E-state index in [2.05, 4.69) is 26.5 Å². The number of phenolic OH excluding ortho intramolecular Hbond substituents is 1. The molecule has 0 heterocycles. The van der Waals surface area contributed by atoms with Crippen molar-refractivity contribution in [3.63, 3.8) is 0 Å². The fraction of sp³-hybridized carbons (Fsp3) is 0.0667. The summed E-state index contributed by atoms with van der Waals surface area (Å²) in [4.78, 5) is 11.7. The molecule has 5 nitrogen and oxygen atoms in total. The predicted octanol–water partition coefficient (Wildman–Crippen LogP) is 4.60. The summed E-state index contributed by atoms with van der Waals surface area (Å²) >= 11 is 17.1. The second-order valence-electron chi connectivity index (χ2n) is 4.48. The Balaban J connectivity index is 1.93. The number of carbonyl (C=O) groups is 1. The summed E-state index contributed by atoms with van der Waals surface area (Å²) in [6.45, 7) is -0.278. The van der Waals surface area contributed by atoms with Crippen LogP contribution in [0.4, 0.5) is 0 Å². The molecule has 0 unspecified atom stereocenters. The van der Waals surface area contributed by atoms with Crippen molar-refractivity contribution in [2.75, 3.05) is 6.61 Å². The molecule has 0 saturated heterocycles. The van der Waals surface area contributed by atoms with Gasteiger partial charge in [-0.05, 0) is 46.9 Å². The lowest BCUT2D eigenvalue weighted by Crippen LogP contribution is -2.24. The number of carbonyl (C=O) groups excluding carboxylic acids is 1. The van der Waals surface area contributed by atoms with E-state index in [0.717, 1.165) is 4.47 Å². The first kappa shape index (κ1) is 19.3. The zero-order valence-corrected chi connectivity index (χ0v) is 17.1. The first-order valence-corrected chi connectivity index (χ1v) is 9.07. The Bertz CT molecular complexity index is 803. The van der Waals surface area contributed by atoms with Gasteiger partial charge in [0.1, 0.15) is 11.5 Å². The fourth-order valence-corrected chi connectivity index (χ4v) is 3.51. The first-order valence-electron chi connectivity index (χ1n) is 6.44. The number of amides is 1. The molecule has 0 bridgehead atoms. The molecule has 0 aliphatic rings. The molecule has 2 rings (SSSR count). The summed E-state index contributed by atoms with van der Waals surface area (Å²) < 4.78 is 6.73. The van der Waals surface area contributed by atoms with Crippen LogP contribution in [-0.2, 0) is 4.79 Å². The van der Waals surface area contributed by atoms with E-state index < -0.39 is 5.91 Å². The molecule has 2 N–H and O–H groups in total. The Morgan fingerprint density at radius 1 is 1.38 bits per heavy atom. The maximum atomic E-state index is 11.7. The van der Waals surface area contributed by atoms with Gasteiger partial charge >= 0.3 is 0 Å². The highest BCUT2D eigenvalue weighted by atomic mass is 127. The van der Waals surface area contributed by atoms with Crippen LogP contribution in [0.2, 0.25) is 10.0 Å². The maximum Gasteiger partial charge on any atom is 0.277 e. The second kappa shape index (κ2) is 8.89. The van der Waals surface area contributed by atoms with Gasteiger partial charge in [-0.3, -0.25) is 4.79 Å². The van der Waals surface area contributed by atoms with Crippen LogP contribution in [0, 0.1) is 3.57 Å². The number of ether oxygens (including phenoxy) is 1. The molecule has 9 heteroatoms. The number of phenols is 1. The van der Waals surface area contributed by atoms with Gasteiger partial charge in [0.25, 0.3) is 5.91 Å². The van der Waals surface area contributed by atoms with Crippen LogP contribution in [0.25, 0.3) is 0 Å². The lowest BCUT2D eigenvalue weighted by molar-refractivity contribution is -0.123. The molecular formula is C15H10BrCl2IN2O3. The normalized spacial score (nSPS) is 10.8. The third-order valence-electron chi connectivity index (χ3n) is 2.70. The van der Waals surface area contributed by atoms with Crippen LogP contribution in [0.15, 0.2) is 39.9 Å². The third kappa shape index (κ3) is 5.51. The lowest BCUT2D eigenvalue weighted by atomic mass is 10.2. The summed E-state index contributed by atoms with van der Waals surface area (Å²) in [6, 6.07) is 8.14. The predicted molar refractivity (Wildman–Crippen MR) is 106 cm³/mol. The molecule has 0 atom stereocenters. The molecule has 2 aromatic carbocycles. The van der Waals surface area contributed by atoms with E-state index in [4.69, 9.17) is 27.9 Å². The van der Waals surface area contributed by atoms with E-state index in [1.54, 1.807) is 24.3 Å². The number of aromatic hydroxyl groups is 1. The molecule has 24 heavy (non-hydrogen) atoms. The number of halogens is 4. The van der Waals surface area contributed by atoms with Gasteiger partial charge in [-0.1, -0.05) is 39.1 Å². The zero-order chi connectivity index (χ0) is 17.7. The standard InChI is InChI=1S/C15H10BrCl2IN2O3/c16-9-3-8(15(23)12(19)4-9)6-20-21-14(22)7-24-13-5-10(17)1-2-11(13)18/h1-6,23H,7H2,(H,21,22)/b20-6-. The monoisotopic (exact) mass is 542 g/mol. The highest BCUT2D eigenvalue weighted by Crippen LogP contribution is 2.28. The van der Waals surface area contributed by atoms with Gasteiger partial charge in [-0.25, -0.2) is 5.43 Å². The molecule has 0 aromatic heterocycles. The van der Waals surface area contributed by atoms with Crippen molar-refractivity contribution in [1.82, 2.24) is 5.43 Å². The van der Waals surface area contributed by atoms with Crippen LogP contribution in [0.1, 0.15) is 5.56 Å². The molecule has 0 aliphatic heterocycles. The SMILES string of the molecule is O=C(COc1cc(Cl)ccc1Cl)N/N=C\c1cc(Br)cc(I)c1O. The average Bonchev–Trinajstić information content (AvgIpc) is 2.52. The number of nitrogens with one attached hydrogen (secondary N) is 1. The van der Waals surface area contributed by atoms with Gasteiger partial charge in [-0.2, -0.15) is 5.10 Å². The highest BCUT2D eigenvalue weighted by molar-refractivity contribution is 14.1. The van der Waals surface area contributed by atoms with Crippen molar-refractivity contribution in [3.05, 3.63) is 54.0 Å². The van der Waals surface area contributed by atoms with Gasteiger partial charge in [0.05, 0.1) is 14.8 Å². The van der Waals surface area contributed by atoms with Crippen molar-refractivity contribution in [2.24, 2.45) is 5.10 Å². The summed E-state index contributed by atoms with van der Waals surface area (Å²) in [5, 5.41) is 14.5. The van der Waals surface area contributed by atoms with Crippen LogP contribution in [0.5, 0.6) is 11.5 Å². The summed E-state index contributed by atoms with van der Waals surface area (Å²) in [5.74, 6) is -0.0901. The molecule has 0 fully saturated rings. The van der Waals surface area contributed by atoms with Crippen LogP contribution >= 0.6 is 61.7 Å². The van der Waals surface area contributed by atoms with Crippen LogP contribution in [-0.4, -0.2) is 23.8 Å². The Labute approximate surface area is 170 Å². The number of hydrazone groups is 1. The van der Waals surface area contributed by atoms with E-state index >= 15 is 0 Å². The minimum atomic E-state index is -0.480. The smallest absolute Gasteiger partial charge is 0.277 e. The summed E-state index contributed by atoms with van der Waals surface area (Å²) in [6.07, 6.45) is 1.34. The van der Waals surface area contributed by atoms with Crippen molar-refractivity contribution in [3.8, 4) is 11.5 Å². The Morgan fingerprint density at radius 2 is 2.12 bits per heavy atom. The molecule has 126 valence electrons. The summed E-state index contributed by atoms with van der Waals surface area (Å²) in [5.41, 5.74) is 2.77.